The predicted molar refractivity (Wildman–Crippen MR) is 92.8 cm³/mol. The second-order valence-electron chi connectivity index (χ2n) is 8.01. The molecule has 1 saturated heterocycles. The Bertz CT molecular complexity index is 605. The van der Waals surface area contributed by atoms with Crippen LogP contribution >= 0.6 is 0 Å². The van der Waals surface area contributed by atoms with Crippen LogP contribution in [-0.4, -0.2) is 34.5 Å². The van der Waals surface area contributed by atoms with Gasteiger partial charge in [0.15, 0.2) is 5.78 Å². The quantitative estimate of drug-likeness (QED) is 0.839. The monoisotopic (exact) mass is 329 g/mol. The van der Waals surface area contributed by atoms with E-state index in [0.29, 0.717) is 12.3 Å². The molecule has 0 spiro atoms. The van der Waals surface area contributed by atoms with E-state index in [9.17, 15) is 9.59 Å². The van der Waals surface area contributed by atoms with Gasteiger partial charge in [-0.3, -0.25) is 9.69 Å². The molecule has 0 radical (unpaired) electrons. The summed E-state index contributed by atoms with van der Waals surface area (Å²) in [4.78, 5) is 27.2. The van der Waals surface area contributed by atoms with Crippen molar-refractivity contribution in [1.82, 2.24) is 4.90 Å². The molecule has 0 N–H and O–H groups in total. The number of hydrogen-bond donors (Lipinski definition) is 0. The second kappa shape index (κ2) is 6.58. The fourth-order valence-corrected chi connectivity index (χ4v) is 4.04. The summed E-state index contributed by atoms with van der Waals surface area (Å²) in [6, 6.07) is 9.93. The minimum absolute atomic E-state index is 0.176. The zero-order valence-electron chi connectivity index (χ0n) is 14.8. The molecule has 1 aliphatic heterocycles. The van der Waals surface area contributed by atoms with E-state index in [1.54, 1.807) is 4.90 Å². The van der Waals surface area contributed by atoms with Crippen LogP contribution in [0.15, 0.2) is 30.3 Å². The Morgan fingerprint density at radius 1 is 1.17 bits per heavy atom. The highest BCUT2D eigenvalue weighted by atomic mass is 16.6. The van der Waals surface area contributed by atoms with Gasteiger partial charge >= 0.3 is 6.09 Å². The Balaban J connectivity index is 1.67. The number of carbonyl (C=O) groups excluding carboxylic acids is 2. The largest absolute Gasteiger partial charge is 0.444 e. The number of piperidine rings is 1. The molecule has 2 unspecified atom stereocenters. The molecule has 1 aliphatic carbocycles. The van der Waals surface area contributed by atoms with Crippen molar-refractivity contribution in [2.45, 2.75) is 70.6 Å². The fourth-order valence-electron chi connectivity index (χ4n) is 4.04. The predicted octanol–water partition coefficient (Wildman–Crippen LogP) is 3.98. The lowest BCUT2D eigenvalue weighted by molar-refractivity contribution is -0.125. The molecule has 1 aromatic rings. The van der Waals surface area contributed by atoms with Crippen LogP contribution in [0.4, 0.5) is 4.79 Å². The first kappa shape index (κ1) is 17.0. The normalized spacial score (nSPS) is 25.8. The van der Waals surface area contributed by atoms with E-state index in [0.717, 1.165) is 31.2 Å². The molecule has 3 rings (SSSR count). The number of benzene rings is 1. The standard InChI is InChI=1S/C20H27NO3/c1-20(2,3)24-19(23)21-16-11-10-15(13-16)18(21)17(22)12-9-14-7-5-4-6-8-14/h4-8,15-16,18H,9-13H2,1-3H3/t15?,16?,18-/m0/s1. The van der Waals surface area contributed by atoms with E-state index >= 15 is 0 Å². The van der Waals surface area contributed by atoms with Gasteiger partial charge in [-0.1, -0.05) is 30.3 Å². The maximum absolute atomic E-state index is 12.8. The van der Waals surface area contributed by atoms with Crippen molar-refractivity contribution in [3.63, 3.8) is 0 Å². The summed E-state index contributed by atoms with van der Waals surface area (Å²) in [5.74, 6) is 0.489. The second-order valence-corrected chi connectivity index (χ2v) is 8.01. The molecule has 24 heavy (non-hydrogen) atoms. The van der Waals surface area contributed by atoms with Gasteiger partial charge < -0.3 is 4.74 Å². The van der Waals surface area contributed by atoms with Crippen LogP contribution in [0, 0.1) is 5.92 Å². The number of nitrogens with zero attached hydrogens (tertiary/aromatic N) is 1. The molecule has 1 amide bonds. The Morgan fingerprint density at radius 3 is 2.54 bits per heavy atom. The van der Waals surface area contributed by atoms with Gasteiger partial charge in [-0.05, 0) is 57.9 Å². The van der Waals surface area contributed by atoms with Crippen LogP contribution in [0.25, 0.3) is 0 Å². The summed E-state index contributed by atoms with van der Waals surface area (Å²) in [5, 5.41) is 0. The molecule has 4 nitrogen and oxygen atoms in total. The van der Waals surface area contributed by atoms with Gasteiger partial charge in [0.25, 0.3) is 0 Å². The molecule has 2 fully saturated rings. The molecular formula is C20H27NO3. The maximum Gasteiger partial charge on any atom is 0.411 e. The van der Waals surface area contributed by atoms with Gasteiger partial charge in [0.05, 0.1) is 6.04 Å². The van der Waals surface area contributed by atoms with E-state index < -0.39 is 5.60 Å². The number of carbonyl (C=O) groups is 2. The van der Waals surface area contributed by atoms with Crippen molar-refractivity contribution in [2.24, 2.45) is 5.92 Å². The first-order valence-electron chi connectivity index (χ1n) is 8.93. The van der Waals surface area contributed by atoms with E-state index in [4.69, 9.17) is 4.74 Å². The molecule has 2 bridgehead atoms. The highest BCUT2D eigenvalue weighted by Gasteiger charge is 2.51. The third-order valence-corrected chi connectivity index (χ3v) is 5.02. The maximum atomic E-state index is 12.8. The summed E-state index contributed by atoms with van der Waals surface area (Å²) < 4.78 is 5.55. The lowest BCUT2D eigenvalue weighted by Crippen LogP contribution is -2.50. The van der Waals surface area contributed by atoms with Crippen LogP contribution in [0.5, 0.6) is 0 Å². The molecule has 130 valence electrons. The van der Waals surface area contributed by atoms with Crippen LogP contribution in [0.2, 0.25) is 0 Å². The van der Waals surface area contributed by atoms with Crippen molar-refractivity contribution in [1.29, 1.82) is 0 Å². The zero-order valence-corrected chi connectivity index (χ0v) is 14.8. The molecule has 1 saturated carbocycles. The zero-order chi connectivity index (χ0) is 17.3. The molecule has 0 aromatic heterocycles. The average Bonchev–Trinajstić information content (AvgIpc) is 3.13. The Morgan fingerprint density at radius 2 is 1.88 bits per heavy atom. The Hall–Kier alpha value is -1.84. The smallest absolute Gasteiger partial charge is 0.411 e. The summed E-state index contributed by atoms with van der Waals surface area (Å²) in [5.41, 5.74) is 0.633. The Kier molecular flexibility index (Phi) is 4.66. The molecule has 4 heteroatoms. The van der Waals surface area contributed by atoms with Gasteiger partial charge in [-0.2, -0.15) is 0 Å². The minimum atomic E-state index is -0.531. The lowest BCUT2D eigenvalue weighted by atomic mass is 9.92. The van der Waals surface area contributed by atoms with Crippen molar-refractivity contribution in [2.75, 3.05) is 0 Å². The first-order valence-corrected chi connectivity index (χ1v) is 8.93. The van der Waals surface area contributed by atoms with Crippen LogP contribution in [-0.2, 0) is 16.0 Å². The lowest BCUT2D eigenvalue weighted by Gasteiger charge is -2.35. The average molecular weight is 329 g/mol. The number of amides is 1. The minimum Gasteiger partial charge on any atom is -0.444 e. The molecule has 3 atom stereocenters. The van der Waals surface area contributed by atoms with Crippen LogP contribution < -0.4 is 0 Å². The van der Waals surface area contributed by atoms with Crippen molar-refractivity contribution in [3.8, 4) is 0 Å². The van der Waals surface area contributed by atoms with E-state index in [1.807, 2.05) is 51.1 Å². The summed E-state index contributed by atoms with van der Waals surface area (Å²) in [7, 11) is 0. The number of ether oxygens (including phenoxy) is 1. The Labute approximate surface area is 144 Å². The van der Waals surface area contributed by atoms with Gasteiger partial charge in [-0.15, -0.1) is 0 Å². The fraction of sp³-hybridized carbons (Fsp3) is 0.600. The summed E-state index contributed by atoms with van der Waals surface area (Å²) in [6.07, 6.45) is 3.87. The van der Waals surface area contributed by atoms with Gasteiger partial charge in [0.1, 0.15) is 5.60 Å². The summed E-state index contributed by atoms with van der Waals surface area (Å²) in [6.45, 7) is 5.60. The van der Waals surface area contributed by atoms with Gasteiger partial charge in [0.2, 0.25) is 0 Å². The van der Waals surface area contributed by atoms with E-state index in [2.05, 4.69) is 0 Å². The third kappa shape index (κ3) is 3.63. The van der Waals surface area contributed by atoms with Gasteiger partial charge in [-0.25, -0.2) is 4.79 Å². The highest BCUT2D eigenvalue weighted by Crippen LogP contribution is 2.43. The number of Topliss-reactive ketones (excluding diaryl/α,β-unsaturated/α-hetero) is 1. The van der Waals surface area contributed by atoms with Crippen molar-refractivity contribution in [3.05, 3.63) is 35.9 Å². The molecular weight excluding hydrogens is 302 g/mol. The van der Waals surface area contributed by atoms with Crippen LogP contribution in [0.1, 0.15) is 52.0 Å². The first-order chi connectivity index (χ1) is 11.3. The molecule has 2 aliphatic rings. The SMILES string of the molecule is CC(C)(C)OC(=O)N1C2CCC(C2)[C@H]1C(=O)CCc1ccccc1. The molecule has 1 aromatic carbocycles. The highest BCUT2D eigenvalue weighted by molar-refractivity contribution is 5.89. The summed E-state index contributed by atoms with van der Waals surface area (Å²) >= 11 is 0. The topological polar surface area (TPSA) is 46.6 Å². The van der Waals surface area contributed by atoms with Crippen LogP contribution in [0.3, 0.4) is 0 Å². The van der Waals surface area contributed by atoms with E-state index in [-0.39, 0.29) is 24.0 Å². The number of likely N-dealkylation sites (tertiary alicyclic amines) is 1. The van der Waals surface area contributed by atoms with Gasteiger partial charge in [0, 0.05) is 12.5 Å². The van der Waals surface area contributed by atoms with E-state index in [1.165, 1.54) is 0 Å². The molecule has 1 heterocycles. The number of aryl methyl sites for hydroxylation is 1. The van der Waals surface area contributed by atoms with Crippen molar-refractivity contribution >= 4 is 11.9 Å². The van der Waals surface area contributed by atoms with Crippen molar-refractivity contribution < 1.29 is 14.3 Å². The third-order valence-electron chi connectivity index (χ3n) is 5.02. The number of hydrogen-bond acceptors (Lipinski definition) is 3. The number of rotatable bonds is 4. The number of fused-ring (bicyclic) bond motifs is 2. The number of ketones is 1.